The van der Waals surface area contributed by atoms with Crippen LogP contribution in [-0.2, 0) is 0 Å². The van der Waals surface area contributed by atoms with E-state index in [9.17, 15) is 13.2 Å². The first-order chi connectivity index (χ1) is 6.45. The molecule has 1 heterocycles. The zero-order valence-electron chi connectivity index (χ0n) is 8.56. The van der Waals surface area contributed by atoms with Gasteiger partial charge in [-0.2, -0.15) is 13.2 Å². The largest absolute Gasteiger partial charge is 0.403 e. The topological polar surface area (TPSA) is 15.3 Å². The van der Waals surface area contributed by atoms with Crippen LogP contribution in [0.15, 0.2) is 0 Å². The number of alkyl halides is 3. The lowest BCUT2D eigenvalue weighted by molar-refractivity contribution is -0.181. The molecule has 1 unspecified atom stereocenters. The zero-order chi connectivity index (χ0) is 10.8. The van der Waals surface area contributed by atoms with Crippen LogP contribution in [0.3, 0.4) is 0 Å². The fraction of sp³-hybridized carbons (Fsp3) is 1.00. The van der Waals surface area contributed by atoms with Gasteiger partial charge in [0.15, 0.2) is 0 Å². The van der Waals surface area contributed by atoms with E-state index in [4.69, 9.17) is 0 Å². The van der Waals surface area contributed by atoms with Crippen LogP contribution in [0.4, 0.5) is 13.2 Å². The fourth-order valence-electron chi connectivity index (χ4n) is 1.78. The number of hydrogen-bond donors (Lipinski definition) is 1. The Morgan fingerprint density at radius 2 is 1.79 bits per heavy atom. The molecule has 0 amide bonds. The van der Waals surface area contributed by atoms with Gasteiger partial charge in [-0.05, 0) is 26.8 Å². The maximum atomic E-state index is 12.4. The molecule has 84 valence electrons. The minimum atomic E-state index is -4.09. The predicted octanol–water partition coefficient (Wildman–Crippen LogP) is 1.62. The van der Waals surface area contributed by atoms with Gasteiger partial charge in [-0.25, -0.2) is 0 Å². The van der Waals surface area contributed by atoms with Crippen molar-refractivity contribution >= 4 is 0 Å². The normalized spacial score (nSPS) is 23.8. The molecule has 1 atom stereocenters. The highest BCUT2D eigenvalue weighted by molar-refractivity contribution is 4.82. The van der Waals surface area contributed by atoms with E-state index in [2.05, 4.69) is 5.32 Å². The van der Waals surface area contributed by atoms with Crippen LogP contribution in [0.2, 0.25) is 0 Å². The van der Waals surface area contributed by atoms with Gasteiger partial charge in [-0.1, -0.05) is 0 Å². The molecule has 1 rings (SSSR count). The van der Waals surface area contributed by atoms with Crippen LogP contribution in [0.1, 0.15) is 19.8 Å². The van der Waals surface area contributed by atoms with Gasteiger partial charge >= 0.3 is 6.18 Å². The molecular weight excluding hydrogens is 193 g/mol. The third-order valence-corrected chi connectivity index (χ3v) is 2.96. The molecule has 0 aromatic rings. The average molecular weight is 210 g/mol. The third-order valence-electron chi connectivity index (χ3n) is 2.96. The maximum absolute atomic E-state index is 12.4. The number of halogens is 3. The molecule has 5 heteroatoms. The van der Waals surface area contributed by atoms with Gasteiger partial charge in [0.25, 0.3) is 0 Å². The second-order valence-corrected chi connectivity index (χ2v) is 3.82. The summed E-state index contributed by atoms with van der Waals surface area (Å²) in [6.45, 7) is 2.30. The van der Waals surface area contributed by atoms with Gasteiger partial charge in [0.1, 0.15) is 6.04 Å². The first-order valence-corrected chi connectivity index (χ1v) is 4.93. The second-order valence-electron chi connectivity index (χ2n) is 3.82. The molecule has 1 N–H and O–H groups in total. The lowest BCUT2D eigenvalue weighted by Gasteiger charge is -2.36. The molecule has 1 aliphatic rings. The average Bonchev–Trinajstić information content (AvgIpc) is 2.15. The van der Waals surface area contributed by atoms with Crippen LogP contribution < -0.4 is 5.32 Å². The summed E-state index contributed by atoms with van der Waals surface area (Å²) in [4.78, 5) is 1.51. The number of hydrogen-bond acceptors (Lipinski definition) is 2. The van der Waals surface area contributed by atoms with E-state index in [1.165, 1.54) is 11.8 Å². The molecule has 2 nitrogen and oxygen atoms in total. The van der Waals surface area contributed by atoms with Crippen molar-refractivity contribution in [1.82, 2.24) is 10.2 Å². The van der Waals surface area contributed by atoms with Gasteiger partial charge in [0.05, 0.1) is 0 Å². The number of piperidine rings is 1. The summed E-state index contributed by atoms with van der Waals surface area (Å²) < 4.78 is 37.1. The first kappa shape index (κ1) is 11.8. The van der Waals surface area contributed by atoms with E-state index in [1.807, 2.05) is 7.05 Å². The quantitative estimate of drug-likeness (QED) is 0.745. The number of nitrogens with zero attached hydrogens (tertiary/aromatic N) is 1. The predicted molar refractivity (Wildman–Crippen MR) is 49.2 cm³/mol. The molecule has 0 aromatic carbocycles. The minimum Gasteiger partial charge on any atom is -0.317 e. The third kappa shape index (κ3) is 2.85. The molecule has 0 aliphatic carbocycles. The molecule has 0 aromatic heterocycles. The van der Waals surface area contributed by atoms with Crippen molar-refractivity contribution in [3.63, 3.8) is 0 Å². The Hall–Kier alpha value is -0.290. The molecule has 0 saturated carbocycles. The maximum Gasteiger partial charge on any atom is 0.403 e. The van der Waals surface area contributed by atoms with E-state index < -0.39 is 12.2 Å². The van der Waals surface area contributed by atoms with E-state index in [1.54, 1.807) is 0 Å². The highest BCUT2D eigenvalue weighted by atomic mass is 19.4. The Labute approximate surface area is 82.5 Å². The summed E-state index contributed by atoms with van der Waals surface area (Å²) in [7, 11) is 1.85. The van der Waals surface area contributed by atoms with Crippen molar-refractivity contribution in [2.24, 2.45) is 0 Å². The highest BCUT2D eigenvalue weighted by Gasteiger charge is 2.40. The smallest absolute Gasteiger partial charge is 0.317 e. The van der Waals surface area contributed by atoms with E-state index >= 15 is 0 Å². The monoisotopic (exact) mass is 210 g/mol. The standard InChI is InChI=1S/C9H17F3N2/c1-7(9(10,11)12)14-5-3-8(13-2)4-6-14/h7-8,13H,3-6H2,1-2H3. The fourth-order valence-corrected chi connectivity index (χ4v) is 1.78. The molecule has 0 radical (unpaired) electrons. The molecular formula is C9H17F3N2. The van der Waals surface area contributed by atoms with Crippen molar-refractivity contribution in [1.29, 1.82) is 0 Å². The molecule has 1 fully saturated rings. The lowest BCUT2D eigenvalue weighted by atomic mass is 10.0. The highest BCUT2D eigenvalue weighted by Crippen LogP contribution is 2.26. The summed E-state index contributed by atoms with van der Waals surface area (Å²) in [5.41, 5.74) is 0. The summed E-state index contributed by atoms with van der Waals surface area (Å²) in [6.07, 6.45) is -2.49. The van der Waals surface area contributed by atoms with Gasteiger partial charge in [0, 0.05) is 19.1 Å². The van der Waals surface area contributed by atoms with Crippen molar-refractivity contribution < 1.29 is 13.2 Å². The second kappa shape index (κ2) is 4.49. The van der Waals surface area contributed by atoms with Crippen LogP contribution in [0.5, 0.6) is 0 Å². The SMILES string of the molecule is CNC1CCN(C(C)C(F)(F)F)CC1. The van der Waals surface area contributed by atoms with Crippen molar-refractivity contribution in [3.8, 4) is 0 Å². The van der Waals surface area contributed by atoms with Crippen LogP contribution >= 0.6 is 0 Å². The van der Waals surface area contributed by atoms with Gasteiger partial charge < -0.3 is 5.32 Å². The molecule has 1 saturated heterocycles. The molecule has 0 spiro atoms. The Morgan fingerprint density at radius 3 is 2.14 bits per heavy atom. The number of rotatable bonds is 2. The van der Waals surface area contributed by atoms with Crippen LogP contribution in [-0.4, -0.2) is 43.3 Å². The van der Waals surface area contributed by atoms with Crippen molar-refractivity contribution in [3.05, 3.63) is 0 Å². The molecule has 14 heavy (non-hydrogen) atoms. The van der Waals surface area contributed by atoms with E-state index in [-0.39, 0.29) is 0 Å². The Kier molecular flexibility index (Phi) is 3.78. The molecule has 1 aliphatic heterocycles. The van der Waals surface area contributed by atoms with Crippen molar-refractivity contribution in [2.75, 3.05) is 20.1 Å². The minimum absolute atomic E-state index is 0.381. The summed E-state index contributed by atoms with van der Waals surface area (Å²) in [5.74, 6) is 0. The van der Waals surface area contributed by atoms with Gasteiger partial charge in [0.2, 0.25) is 0 Å². The van der Waals surface area contributed by atoms with Gasteiger partial charge in [-0.15, -0.1) is 0 Å². The van der Waals surface area contributed by atoms with Crippen molar-refractivity contribution in [2.45, 2.75) is 38.0 Å². The van der Waals surface area contributed by atoms with E-state index in [0.29, 0.717) is 19.1 Å². The molecule has 0 bridgehead atoms. The summed E-state index contributed by atoms with van der Waals surface area (Å²) in [5, 5.41) is 3.09. The number of nitrogens with one attached hydrogen (secondary N) is 1. The van der Waals surface area contributed by atoms with Gasteiger partial charge in [-0.3, -0.25) is 4.90 Å². The van der Waals surface area contributed by atoms with Crippen LogP contribution in [0, 0.1) is 0 Å². The van der Waals surface area contributed by atoms with Crippen LogP contribution in [0.25, 0.3) is 0 Å². The Balaban J connectivity index is 2.42. The Bertz CT molecular complexity index is 173. The summed E-state index contributed by atoms with van der Waals surface area (Å²) >= 11 is 0. The van der Waals surface area contributed by atoms with E-state index in [0.717, 1.165) is 12.8 Å². The Morgan fingerprint density at radius 1 is 1.29 bits per heavy atom. The summed E-state index contributed by atoms with van der Waals surface area (Å²) in [6, 6.07) is -0.924. The lowest BCUT2D eigenvalue weighted by Crippen LogP contribution is -2.50. The zero-order valence-corrected chi connectivity index (χ0v) is 8.56. The first-order valence-electron chi connectivity index (χ1n) is 4.93. The number of likely N-dealkylation sites (tertiary alicyclic amines) is 1.